The molecule has 0 atom stereocenters. The minimum absolute atomic E-state index is 0.0714. The lowest BCUT2D eigenvalue weighted by Gasteiger charge is -2.07. The summed E-state index contributed by atoms with van der Waals surface area (Å²) in [6, 6.07) is 1.45. The van der Waals surface area contributed by atoms with Crippen molar-refractivity contribution in [2.45, 2.75) is 27.3 Å². The lowest BCUT2D eigenvalue weighted by Crippen LogP contribution is -2.05. The molecule has 7 heteroatoms. The van der Waals surface area contributed by atoms with E-state index in [0.29, 0.717) is 17.9 Å². The van der Waals surface area contributed by atoms with E-state index in [4.69, 9.17) is 0 Å². The maximum absolute atomic E-state index is 10.9. The van der Waals surface area contributed by atoms with Crippen molar-refractivity contribution < 1.29 is 4.92 Å². The zero-order valence-corrected chi connectivity index (χ0v) is 12.0. The van der Waals surface area contributed by atoms with Crippen molar-refractivity contribution in [1.29, 1.82) is 0 Å². The largest absolute Gasteiger partial charge is 0.366 e. The number of nitro groups is 1. The smallest absolute Gasteiger partial charge is 0.277 e. The summed E-state index contributed by atoms with van der Waals surface area (Å²) in [5, 5.41) is 18.3. The van der Waals surface area contributed by atoms with Crippen molar-refractivity contribution in [3.05, 3.63) is 44.9 Å². The summed E-state index contributed by atoms with van der Waals surface area (Å²) >= 11 is 0. The maximum atomic E-state index is 10.9. The summed E-state index contributed by atoms with van der Waals surface area (Å²) in [4.78, 5) is 14.7. The molecule has 0 aliphatic rings. The number of rotatable bonds is 4. The second-order valence-electron chi connectivity index (χ2n) is 4.74. The third kappa shape index (κ3) is 2.61. The molecule has 0 fully saturated rings. The molecule has 7 nitrogen and oxygen atoms in total. The van der Waals surface area contributed by atoms with Gasteiger partial charge in [0.2, 0.25) is 0 Å². The Morgan fingerprint density at radius 1 is 1.40 bits per heavy atom. The first-order chi connectivity index (χ1) is 9.40. The van der Waals surface area contributed by atoms with Crippen LogP contribution in [0.15, 0.2) is 12.3 Å². The minimum atomic E-state index is -0.400. The molecule has 0 radical (unpaired) electrons. The van der Waals surface area contributed by atoms with Crippen LogP contribution in [0, 0.1) is 30.9 Å². The molecule has 1 N–H and O–H groups in total. The molecule has 2 rings (SSSR count). The number of aromatic nitrogens is 3. The van der Waals surface area contributed by atoms with E-state index in [1.807, 2.05) is 25.6 Å². The fourth-order valence-electron chi connectivity index (χ4n) is 2.06. The number of nitrogens with zero attached hydrogens (tertiary/aromatic N) is 4. The predicted molar refractivity (Wildman–Crippen MR) is 75.6 cm³/mol. The number of hydrogen-bond acceptors (Lipinski definition) is 5. The third-order valence-electron chi connectivity index (χ3n) is 3.38. The molecule has 20 heavy (non-hydrogen) atoms. The summed E-state index contributed by atoms with van der Waals surface area (Å²) in [5.74, 6) is 0.491. The van der Waals surface area contributed by atoms with Crippen molar-refractivity contribution >= 4 is 11.5 Å². The molecule has 0 unspecified atom stereocenters. The van der Waals surface area contributed by atoms with E-state index in [9.17, 15) is 10.1 Å². The van der Waals surface area contributed by atoms with E-state index < -0.39 is 4.92 Å². The number of aryl methyl sites for hydroxylation is 3. The molecule has 106 valence electrons. The number of anilines is 1. The molecule has 0 aromatic carbocycles. The first-order valence-electron chi connectivity index (χ1n) is 6.24. The molecule has 2 aromatic heterocycles. The van der Waals surface area contributed by atoms with Crippen molar-refractivity contribution in [3.8, 4) is 0 Å². The van der Waals surface area contributed by atoms with Gasteiger partial charge in [-0.25, -0.2) is 4.98 Å². The lowest BCUT2D eigenvalue weighted by molar-refractivity contribution is -0.385. The average Bonchev–Trinajstić information content (AvgIpc) is 2.62. The van der Waals surface area contributed by atoms with E-state index in [0.717, 1.165) is 17.0 Å². The first kappa shape index (κ1) is 14.0. The van der Waals surface area contributed by atoms with Gasteiger partial charge in [-0.3, -0.25) is 14.8 Å². The molecular weight excluding hydrogens is 258 g/mol. The summed E-state index contributed by atoms with van der Waals surface area (Å²) in [5.41, 5.74) is 3.71. The summed E-state index contributed by atoms with van der Waals surface area (Å²) in [7, 11) is 1.89. The van der Waals surface area contributed by atoms with E-state index in [1.54, 1.807) is 6.92 Å². The number of pyridine rings is 1. The standard InChI is InChI=1S/C13H17N5O2/c1-8-6-14-13(5-12(8)18(19)20)15-7-11-9(2)16-17(4)10(11)3/h5-6H,7H2,1-4H3,(H,14,15). The molecule has 2 heterocycles. The van der Waals surface area contributed by atoms with Crippen molar-refractivity contribution in [3.63, 3.8) is 0 Å². The van der Waals surface area contributed by atoms with Crippen LogP contribution in [0.25, 0.3) is 0 Å². The topological polar surface area (TPSA) is 85.9 Å². The fraction of sp³-hybridized carbons (Fsp3) is 0.385. The van der Waals surface area contributed by atoms with Crippen LogP contribution in [-0.2, 0) is 13.6 Å². The van der Waals surface area contributed by atoms with Crippen LogP contribution in [0.1, 0.15) is 22.5 Å². The normalized spacial score (nSPS) is 10.6. The molecule has 0 spiro atoms. The van der Waals surface area contributed by atoms with Crippen molar-refractivity contribution in [2.75, 3.05) is 5.32 Å². The van der Waals surface area contributed by atoms with Gasteiger partial charge < -0.3 is 5.32 Å². The summed E-state index contributed by atoms with van der Waals surface area (Å²) in [6.07, 6.45) is 1.50. The molecule has 0 saturated heterocycles. The summed E-state index contributed by atoms with van der Waals surface area (Å²) in [6.45, 7) is 6.14. The SMILES string of the molecule is Cc1cnc(NCc2c(C)nn(C)c2C)cc1[N+](=O)[O-]. The fourth-order valence-corrected chi connectivity index (χ4v) is 2.06. The van der Waals surface area contributed by atoms with Gasteiger partial charge in [0.25, 0.3) is 5.69 Å². The Hall–Kier alpha value is -2.44. The molecule has 0 aliphatic carbocycles. The second kappa shape index (κ2) is 5.28. The molecule has 0 saturated carbocycles. The highest BCUT2D eigenvalue weighted by atomic mass is 16.6. The Morgan fingerprint density at radius 3 is 2.65 bits per heavy atom. The van der Waals surface area contributed by atoms with Gasteiger partial charge in [0.05, 0.1) is 16.7 Å². The van der Waals surface area contributed by atoms with E-state index in [2.05, 4.69) is 15.4 Å². The van der Waals surface area contributed by atoms with Gasteiger partial charge in [0, 0.05) is 36.6 Å². The Morgan fingerprint density at radius 2 is 2.10 bits per heavy atom. The van der Waals surface area contributed by atoms with Crippen LogP contribution in [0.3, 0.4) is 0 Å². The van der Waals surface area contributed by atoms with E-state index >= 15 is 0 Å². The van der Waals surface area contributed by atoms with Gasteiger partial charge in [-0.15, -0.1) is 0 Å². The zero-order chi connectivity index (χ0) is 14.9. The first-order valence-corrected chi connectivity index (χ1v) is 6.24. The van der Waals surface area contributed by atoms with Crippen LogP contribution >= 0.6 is 0 Å². The maximum Gasteiger partial charge on any atom is 0.277 e. The van der Waals surface area contributed by atoms with Crippen LogP contribution in [0.5, 0.6) is 0 Å². The van der Waals surface area contributed by atoms with Crippen molar-refractivity contribution in [2.24, 2.45) is 7.05 Å². The van der Waals surface area contributed by atoms with E-state index in [1.165, 1.54) is 12.3 Å². The van der Waals surface area contributed by atoms with Crippen LogP contribution in [0.2, 0.25) is 0 Å². The highest BCUT2D eigenvalue weighted by Crippen LogP contribution is 2.21. The van der Waals surface area contributed by atoms with Crippen LogP contribution in [0.4, 0.5) is 11.5 Å². The van der Waals surface area contributed by atoms with Gasteiger partial charge in [-0.2, -0.15) is 5.10 Å². The van der Waals surface area contributed by atoms with Crippen LogP contribution in [-0.4, -0.2) is 19.7 Å². The molecule has 0 amide bonds. The molecule has 0 aliphatic heterocycles. The number of hydrogen-bond donors (Lipinski definition) is 1. The Balaban J connectivity index is 2.19. The van der Waals surface area contributed by atoms with Gasteiger partial charge in [-0.1, -0.05) is 0 Å². The van der Waals surface area contributed by atoms with Gasteiger partial charge in [0.15, 0.2) is 0 Å². The van der Waals surface area contributed by atoms with Gasteiger partial charge in [0.1, 0.15) is 5.82 Å². The molecule has 0 bridgehead atoms. The zero-order valence-electron chi connectivity index (χ0n) is 12.0. The van der Waals surface area contributed by atoms with Gasteiger partial charge in [-0.05, 0) is 20.8 Å². The number of nitrogens with one attached hydrogen (secondary N) is 1. The summed E-state index contributed by atoms with van der Waals surface area (Å²) < 4.78 is 1.82. The lowest BCUT2D eigenvalue weighted by atomic mass is 10.2. The second-order valence-corrected chi connectivity index (χ2v) is 4.74. The Labute approximate surface area is 116 Å². The Kier molecular flexibility index (Phi) is 3.69. The predicted octanol–water partition coefficient (Wildman–Crippen LogP) is 2.26. The quantitative estimate of drug-likeness (QED) is 0.683. The molecule has 2 aromatic rings. The van der Waals surface area contributed by atoms with Crippen molar-refractivity contribution in [1.82, 2.24) is 14.8 Å². The van der Waals surface area contributed by atoms with Crippen LogP contribution < -0.4 is 5.32 Å². The average molecular weight is 275 g/mol. The van der Waals surface area contributed by atoms with E-state index in [-0.39, 0.29) is 5.69 Å². The van der Waals surface area contributed by atoms with Gasteiger partial charge >= 0.3 is 0 Å². The molecular formula is C13H17N5O2. The third-order valence-corrected chi connectivity index (χ3v) is 3.38. The highest BCUT2D eigenvalue weighted by Gasteiger charge is 2.13. The minimum Gasteiger partial charge on any atom is -0.366 e. The highest BCUT2D eigenvalue weighted by molar-refractivity contribution is 5.49. The monoisotopic (exact) mass is 275 g/mol. The Bertz CT molecular complexity index is 663.